The molecule has 12 heavy (non-hydrogen) atoms. The Labute approximate surface area is 73.9 Å². The Bertz CT molecular complexity index is 335. The van der Waals surface area contributed by atoms with Gasteiger partial charge in [0.05, 0.1) is 0 Å². The average molecular weight is 156 g/mol. The minimum atomic E-state index is 1.10. The van der Waals surface area contributed by atoms with E-state index in [1.807, 2.05) is 38.1 Å². The van der Waals surface area contributed by atoms with Crippen molar-refractivity contribution in [1.82, 2.24) is 0 Å². The number of rotatable bonds is 1. The normalized spacial score (nSPS) is 9.50. The lowest BCUT2D eigenvalue weighted by atomic mass is 10.1. The van der Waals surface area contributed by atoms with E-state index in [4.69, 9.17) is 0 Å². The van der Waals surface area contributed by atoms with Crippen molar-refractivity contribution in [2.24, 2.45) is 0 Å². The first-order valence-corrected chi connectivity index (χ1v) is 4.03. The van der Waals surface area contributed by atoms with E-state index in [0.29, 0.717) is 0 Å². The van der Waals surface area contributed by atoms with Gasteiger partial charge in [-0.2, -0.15) is 0 Å². The van der Waals surface area contributed by atoms with Crippen molar-refractivity contribution in [2.75, 3.05) is 0 Å². The molecule has 0 saturated heterocycles. The van der Waals surface area contributed by atoms with Gasteiger partial charge < -0.3 is 0 Å². The standard InChI is InChI=1S/C12H12/c1-3-7-11-9-5-6-10-12(11)8-4-2/h3,5-7,9-10H,1-2H3/b7-3-. The van der Waals surface area contributed by atoms with Gasteiger partial charge in [0.2, 0.25) is 0 Å². The average Bonchev–Trinajstić information content (AvgIpc) is 2.09. The van der Waals surface area contributed by atoms with E-state index in [1.54, 1.807) is 0 Å². The maximum absolute atomic E-state index is 3.06. The van der Waals surface area contributed by atoms with Gasteiger partial charge in [-0.15, -0.1) is 5.92 Å². The lowest BCUT2D eigenvalue weighted by Crippen LogP contribution is -1.79. The van der Waals surface area contributed by atoms with E-state index in [2.05, 4.69) is 24.0 Å². The van der Waals surface area contributed by atoms with Crippen molar-refractivity contribution in [1.29, 1.82) is 0 Å². The Kier molecular flexibility index (Phi) is 3.17. The summed E-state index contributed by atoms with van der Waals surface area (Å²) in [5.41, 5.74) is 2.28. The van der Waals surface area contributed by atoms with Gasteiger partial charge in [-0.3, -0.25) is 0 Å². The largest absolute Gasteiger partial charge is 0.101 e. The fraction of sp³-hybridized carbons (Fsp3) is 0.167. The van der Waals surface area contributed by atoms with Crippen molar-refractivity contribution in [3.05, 3.63) is 41.5 Å². The molecule has 0 saturated carbocycles. The lowest BCUT2D eigenvalue weighted by molar-refractivity contribution is 1.59. The van der Waals surface area contributed by atoms with Crippen LogP contribution in [0.2, 0.25) is 0 Å². The minimum absolute atomic E-state index is 1.10. The summed E-state index contributed by atoms with van der Waals surface area (Å²) in [5.74, 6) is 5.96. The lowest BCUT2D eigenvalue weighted by Gasteiger charge is -1.96. The summed E-state index contributed by atoms with van der Waals surface area (Å²) in [5, 5.41) is 0. The van der Waals surface area contributed by atoms with E-state index in [0.717, 1.165) is 5.56 Å². The van der Waals surface area contributed by atoms with Gasteiger partial charge in [-0.1, -0.05) is 36.3 Å². The van der Waals surface area contributed by atoms with Gasteiger partial charge >= 0.3 is 0 Å². The third-order valence-electron chi connectivity index (χ3n) is 1.57. The zero-order chi connectivity index (χ0) is 8.81. The fourth-order valence-electron chi connectivity index (χ4n) is 1.07. The molecule has 60 valence electrons. The van der Waals surface area contributed by atoms with Crippen LogP contribution in [0.4, 0.5) is 0 Å². The molecule has 0 amide bonds. The van der Waals surface area contributed by atoms with Gasteiger partial charge in [-0.05, 0) is 25.5 Å². The summed E-state index contributed by atoms with van der Waals surface area (Å²) in [6, 6.07) is 8.13. The van der Waals surface area contributed by atoms with Gasteiger partial charge in [0.25, 0.3) is 0 Å². The van der Waals surface area contributed by atoms with Gasteiger partial charge in [-0.25, -0.2) is 0 Å². The van der Waals surface area contributed by atoms with Crippen LogP contribution in [0.25, 0.3) is 6.08 Å². The topological polar surface area (TPSA) is 0 Å². The van der Waals surface area contributed by atoms with Crippen LogP contribution >= 0.6 is 0 Å². The van der Waals surface area contributed by atoms with Crippen LogP contribution < -0.4 is 0 Å². The molecule has 1 rings (SSSR count). The highest BCUT2D eigenvalue weighted by molar-refractivity contribution is 5.58. The first kappa shape index (κ1) is 8.62. The first-order chi connectivity index (χ1) is 5.88. The summed E-state index contributed by atoms with van der Waals surface area (Å²) in [6.07, 6.45) is 4.09. The monoisotopic (exact) mass is 156 g/mol. The quantitative estimate of drug-likeness (QED) is 0.548. The Morgan fingerprint density at radius 3 is 2.67 bits per heavy atom. The van der Waals surface area contributed by atoms with Crippen molar-refractivity contribution in [2.45, 2.75) is 13.8 Å². The highest BCUT2D eigenvalue weighted by Gasteiger charge is 1.91. The Morgan fingerprint density at radius 1 is 1.25 bits per heavy atom. The summed E-state index contributed by atoms with van der Waals surface area (Å²) in [4.78, 5) is 0. The highest BCUT2D eigenvalue weighted by Crippen LogP contribution is 2.08. The van der Waals surface area contributed by atoms with Crippen molar-refractivity contribution in [3.8, 4) is 11.8 Å². The highest BCUT2D eigenvalue weighted by atomic mass is 13.9. The second kappa shape index (κ2) is 4.41. The third kappa shape index (κ3) is 2.00. The van der Waals surface area contributed by atoms with Crippen LogP contribution in [-0.4, -0.2) is 0 Å². The molecule has 0 radical (unpaired) electrons. The van der Waals surface area contributed by atoms with Crippen molar-refractivity contribution >= 4 is 6.08 Å². The predicted molar refractivity (Wildman–Crippen MR) is 53.7 cm³/mol. The van der Waals surface area contributed by atoms with Crippen LogP contribution in [0.3, 0.4) is 0 Å². The molecule has 0 aliphatic carbocycles. The van der Waals surface area contributed by atoms with Crippen LogP contribution in [0.15, 0.2) is 30.3 Å². The summed E-state index contributed by atoms with van der Waals surface area (Å²) in [7, 11) is 0. The molecule has 0 spiro atoms. The number of benzene rings is 1. The van der Waals surface area contributed by atoms with Crippen LogP contribution in [0.5, 0.6) is 0 Å². The Balaban J connectivity index is 3.14. The second-order valence-electron chi connectivity index (χ2n) is 2.46. The van der Waals surface area contributed by atoms with Gasteiger partial charge in [0.15, 0.2) is 0 Å². The molecule has 0 nitrogen and oxygen atoms in total. The van der Waals surface area contributed by atoms with E-state index >= 15 is 0 Å². The summed E-state index contributed by atoms with van der Waals surface area (Å²) in [6.45, 7) is 3.86. The number of hydrogen-bond acceptors (Lipinski definition) is 0. The molecule has 0 aliphatic rings. The molecule has 0 fully saturated rings. The molecule has 1 aromatic rings. The van der Waals surface area contributed by atoms with Crippen molar-refractivity contribution in [3.63, 3.8) is 0 Å². The minimum Gasteiger partial charge on any atom is -0.101 e. The maximum atomic E-state index is 3.06. The molecule has 0 heterocycles. The Hall–Kier alpha value is -1.48. The predicted octanol–water partition coefficient (Wildman–Crippen LogP) is 3.09. The summed E-state index contributed by atoms with van der Waals surface area (Å²) >= 11 is 0. The molecule has 0 N–H and O–H groups in total. The van der Waals surface area contributed by atoms with E-state index in [9.17, 15) is 0 Å². The molecular weight excluding hydrogens is 144 g/mol. The van der Waals surface area contributed by atoms with Crippen LogP contribution in [-0.2, 0) is 0 Å². The molecule has 1 aromatic carbocycles. The molecule has 0 unspecified atom stereocenters. The second-order valence-corrected chi connectivity index (χ2v) is 2.46. The zero-order valence-corrected chi connectivity index (χ0v) is 7.46. The van der Waals surface area contributed by atoms with Crippen LogP contribution in [0, 0.1) is 11.8 Å². The number of allylic oxidation sites excluding steroid dienone is 1. The van der Waals surface area contributed by atoms with E-state index < -0.39 is 0 Å². The number of hydrogen-bond donors (Lipinski definition) is 0. The van der Waals surface area contributed by atoms with Gasteiger partial charge in [0, 0.05) is 5.56 Å². The molecule has 0 heteroatoms. The van der Waals surface area contributed by atoms with E-state index in [-0.39, 0.29) is 0 Å². The zero-order valence-electron chi connectivity index (χ0n) is 7.46. The molecule has 0 aliphatic heterocycles. The molecule has 0 atom stereocenters. The van der Waals surface area contributed by atoms with Gasteiger partial charge in [0.1, 0.15) is 0 Å². The smallest absolute Gasteiger partial charge is 0.0317 e. The maximum Gasteiger partial charge on any atom is 0.0317 e. The van der Waals surface area contributed by atoms with Crippen molar-refractivity contribution < 1.29 is 0 Å². The Morgan fingerprint density at radius 2 is 2.00 bits per heavy atom. The summed E-state index contributed by atoms with van der Waals surface area (Å²) < 4.78 is 0. The first-order valence-electron chi connectivity index (χ1n) is 4.03. The molecule has 0 bridgehead atoms. The fourth-order valence-corrected chi connectivity index (χ4v) is 1.07. The molecular formula is C12H12. The third-order valence-corrected chi connectivity index (χ3v) is 1.57. The molecule has 0 aromatic heterocycles. The SMILES string of the molecule is CC#Cc1ccccc1/C=C\C. The van der Waals surface area contributed by atoms with E-state index in [1.165, 1.54) is 5.56 Å². The van der Waals surface area contributed by atoms with Crippen LogP contribution in [0.1, 0.15) is 25.0 Å².